The molecule has 2 rings (SSSR count). The van der Waals surface area contributed by atoms with Crippen LogP contribution in [0.25, 0.3) is 0 Å². The lowest BCUT2D eigenvalue weighted by molar-refractivity contribution is 0.528. The number of aromatic nitrogens is 3. The predicted octanol–water partition coefficient (Wildman–Crippen LogP) is 1.94. The van der Waals surface area contributed by atoms with Gasteiger partial charge in [-0.25, -0.2) is 0 Å². The number of hydrogen-bond acceptors (Lipinski definition) is 4. The van der Waals surface area contributed by atoms with Crippen LogP contribution in [0.1, 0.15) is 28.7 Å². The highest BCUT2D eigenvalue weighted by Crippen LogP contribution is 2.25. The van der Waals surface area contributed by atoms with E-state index in [1.807, 2.05) is 37.7 Å². The molecule has 0 aliphatic rings. The molecular formula is C13H18BrN5. The predicted molar refractivity (Wildman–Crippen MR) is 78.4 cm³/mol. The fraction of sp³-hybridized carbons (Fsp3) is 0.385. The van der Waals surface area contributed by atoms with E-state index in [9.17, 15) is 0 Å². The van der Waals surface area contributed by atoms with Gasteiger partial charge < -0.3 is 0 Å². The molecule has 6 heteroatoms. The van der Waals surface area contributed by atoms with E-state index in [0.717, 1.165) is 33.5 Å². The quantitative estimate of drug-likeness (QED) is 0.666. The number of hydrogen-bond donors (Lipinski definition) is 2. The zero-order valence-electron chi connectivity index (χ0n) is 11.3. The van der Waals surface area contributed by atoms with Crippen molar-refractivity contribution in [3.05, 3.63) is 45.4 Å². The first-order valence-electron chi connectivity index (χ1n) is 6.09. The summed E-state index contributed by atoms with van der Waals surface area (Å²) in [6, 6.07) is 4.06. The van der Waals surface area contributed by atoms with E-state index in [2.05, 4.69) is 31.4 Å². The number of nitrogens with one attached hydrogen (secondary N) is 1. The van der Waals surface area contributed by atoms with Gasteiger partial charge in [-0.05, 0) is 47.5 Å². The van der Waals surface area contributed by atoms with E-state index >= 15 is 0 Å². The second-order valence-electron chi connectivity index (χ2n) is 4.62. The lowest BCUT2D eigenvalue weighted by atomic mass is 10.0. The SMILES string of the molecule is Cc1cc(C(Cc2c(Br)c(C)nn2C)NN)ccn1. The summed E-state index contributed by atoms with van der Waals surface area (Å²) in [6.45, 7) is 3.95. The van der Waals surface area contributed by atoms with Gasteiger partial charge in [0.15, 0.2) is 0 Å². The molecule has 2 aromatic rings. The maximum atomic E-state index is 5.69. The Morgan fingerprint density at radius 2 is 2.21 bits per heavy atom. The Morgan fingerprint density at radius 1 is 1.47 bits per heavy atom. The molecule has 0 aliphatic carbocycles. The first-order valence-corrected chi connectivity index (χ1v) is 6.89. The molecule has 1 unspecified atom stereocenters. The van der Waals surface area contributed by atoms with Crippen LogP contribution in [-0.4, -0.2) is 14.8 Å². The Hall–Kier alpha value is -1.24. The van der Waals surface area contributed by atoms with Crippen LogP contribution >= 0.6 is 15.9 Å². The first-order chi connectivity index (χ1) is 9.02. The zero-order chi connectivity index (χ0) is 14.0. The Kier molecular flexibility index (Phi) is 4.34. The summed E-state index contributed by atoms with van der Waals surface area (Å²) in [5, 5.41) is 4.40. The smallest absolute Gasteiger partial charge is 0.0738 e. The molecule has 0 bridgehead atoms. The fourth-order valence-corrected chi connectivity index (χ4v) is 2.65. The Morgan fingerprint density at radius 3 is 2.74 bits per heavy atom. The Bertz CT molecular complexity index is 578. The number of rotatable bonds is 4. The molecule has 0 amide bonds. The lowest BCUT2D eigenvalue weighted by Gasteiger charge is -2.17. The highest BCUT2D eigenvalue weighted by molar-refractivity contribution is 9.10. The minimum absolute atomic E-state index is 0.0350. The summed E-state index contributed by atoms with van der Waals surface area (Å²) < 4.78 is 2.93. The summed E-state index contributed by atoms with van der Waals surface area (Å²) >= 11 is 3.58. The molecule has 5 nitrogen and oxygen atoms in total. The van der Waals surface area contributed by atoms with Crippen molar-refractivity contribution in [2.45, 2.75) is 26.3 Å². The van der Waals surface area contributed by atoms with Crippen LogP contribution in [0.4, 0.5) is 0 Å². The van der Waals surface area contributed by atoms with Crippen LogP contribution in [0.2, 0.25) is 0 Å². The summed E-state index contributed by atoms with van der Waals surface area (Å²) in [5.74, 6) is 5.69. The molecule has 0 spiro atoms. The minimum Gasteiger partial charge on any atom is -0.271 e. The molecule has 102 valence electrons. The molecule has 0 saturated carbocycles. The Labute approximate surface area is 121 Å². The summed E-state index contributed by atoms with van der Waals surface area (Å²) in [5.41, 5.74) is 7.08. The summed E-state index contributed by atoms with van der Waals surface area (Å²) in [4.78, 5) is 4.21. The van der Waals surface area contributed by atoms with Gasteiger partial charge >= 0.3 is 0 Å². The van der Waals surface area contributed by atoms with Crippen molar-refractivity contribution in [3.63, 3.8) is 0 Å². The van der Waals surface area contributed by atoms with Crippen molar-refractivity contribution in [2.75, 3.05) is 0 Å². The van der Waals surface area contributed by atoms with E-state index in [1.54, 1.807) is 6.20 Å². The van der Waals surface area contributed by atoms with Gasteiger partial charge in [0.25, 0.3) is 0 Å². The molecule has 2 heterocycles. The molecule has 0 aromatic carbocycles. The van der Waals surface area contributed by atoms with Crippen LogP contribution in [0, 0.1) is 13.8 Å². The van der Waals surface area contributed by atoms with Gasteiger partial charge in [0.05, 0.1) is 21.9 Å². The summed E-state index contributed by atoms with van der Waals surface area (Å²) in [7, 11) is 1.94. The van der Waals surface area contributed by atoms with Crippen molar-refractivity contribution >= 4 is 15.9 Å². The van der Waals surface area contributed by atoms with Crippen molar-refractivity contribution in [1.82, 2.24) is 20.2 Å². The van der Waals surface area contributed by atoms with Gasteiger partial charge in [-0.1, -0.05) is 0 Å². The van der Waals surface area contributed by atoms with E-state index < -0.39 is 0 Å². The van der Waals surface area contributed by atoms with Gasteiger partial charge in [-0.2, -0.15) is 5.10 Å². The molecule has 2 aromatic heterocycles. The van der Waals surface area contributed by atoms with E-state index in [-0.39, 0.29) is 6.04 Å². The fourth-order valence-electron chi connectivity index (χ4n) is 2.15. The van der Waals surface area contributed by atoms with E-state index in [0.29, 0.717) is 0 Å². The molecule has 0 saturated heterocycles. The third-order valence-electron chi connectivity index (χ3n) is 3.18. The standard InChI is InChI=1S/C13H18BrN5/c1-8-6-10(4-5-16-8)11(17-15)7-12-13(14)9(2)18-19(12)3/h4-6,11,17H,7,15H2,1-3H3. The normalized spacial score (nSPS) is 12.7. The average molecular weight is 324 g/mol. The zero-order valence-corrected chi connectivity index (χ0v) is 12.9. The number of hydrazine groups is 1. The summed E-state index contributed by atoms with van der Waals surface area (Å²) in [6.07, 6.45) is 2.57. The monoisotopic (exact) mass is 323 g/mol. The van der Waals surface area contributed by atoms with Crippen LogP contribution in [0.3, 0.4) is 0 Å². The van der Waals surface area contributed by atoms with Gasteiger partial charge in [-0.15, -0.1) is 0 Å². The average Bonchev–Trinajstić information content (AvgIpc) is 2.61. The van der Waals surface area contributed by atoms with Crippen LogP contribution in [0.5, 0.6) is 0 Å². The molecular weight excluding hydrogens is 306 g/mol. The molecule has 1 atom stereocenters. The Balaban J connectivity index is 2.29. The molecule has 3 N–H and O–H groups in total. The number of pyridine rings is 1. The van der Waals surface area contributed by atoms with Crippen LogP contribution in [0.15, 0.2) is 22.8 Å². The van der Waals surface area contributed by atoms with Crippen molar-refractivity contribution in [1.29, 1.82) is 0 Å². The van der Waals surface area contributed by atoms with E-state index in [4.69, 9.17) is 5.84 Å². The number of halogens is 1. The number of nitrogens with zero attached hydrogens (tertiary/aromatic N) is 3. The largest absolute Gasteiger partial charge is 0.271 e. The first kappa shape index (κ1) is 14.2. The van der Waals surface area contributed by atoms with E-state index in [1.165, 1.54) is 0 Å². The highest BCUT2D eigenvalue weighted by atomic mass is 79.9. The number of nitrogens with two attached hydrogens (primary N) is 1. The van der Waals surface area contributed by atoms with Crippen molar-refractivity contribution in [3.8, 4) is 0 Å². The van der Waals surface area contributed by atoms with Crippen molar-refractivity contribution in [2.24, 2.45) is 12.9 Å². The topological polar surface area (TPSA) is 68.8 Å². The van der Waals surface area contributed by atoms with Gasteiger partial charge in [0, 0.05) is 25.4 Å². The van der Waals surface area contributed by atoms with Crippen LogP contribution < -0.4 is 11.3 Å². The van der Waals surface area contributed by atoms with Crippen molar-refractivity contribution < 1.29 is 0 Å². The second kappa shape index (κ2) is 5.81. The minimum atomic E-state index is 0.0350. The third kappa shape index (κ3) is 3.02. The third-order valence-corrected chi connectivity index (χ3v) is 4.21. The maximum Gasteiger partial charge on any atom is 0.0738 e. The maximum absolute atomic E-state index is 5.69. The molecule has 0 fully saturated rings. The molecule has 0 aliphatic heterocycles. The van der Waals surface area contributed by atoms with Gasteiger partial charge in [-0.3, -0.25) is 20.9 Å². The van der Waals surface area contributed by atoms with Gasteiger partial charge in [0.2, 0.25) is 0 Å². The second-order valence-corrected chi connectivity index (χ2v) is 5.42. The molecule has 0 radical (unpaired) electrons. The number of aryl methyl sites for hydroxylation is 3. The van der Waals surface area contributed by atoms with Crippen LogP contribution in [-0.2, 0) is 13.5 Å². The highest BCUT2D eigenvalue weighted by Gasteiger charge is 2.17. The lowest BCUT2D eigenvalue weighted by Crippen LogP contribution is -2.30. The molecule has 19 heavy (non-hydrogen) atoms. The van der Waals surface area contributed by atoms with Gasteiger partial charge in [0.1, 0.15) is 0 Å².